The third-order valence-corrected chi connectivity index (χ3v) is 4.79. The van der Waals surface area contributed by atoms with Gasteiger partial charge >= 0.3 is 0 Å². The van der Waals surface area contributed by atoms with E-state index in [2.05, 4.69) is 5.32 Å². The Labute approximate surface area is 165 Å². The molecule has 1 aliphatic rings. The normalized spacial score (nSPS) is 14.4. The van der Waals surface area contributed by atoms with Gasteiger partial charge in [-0.1, -0.05) is 49.2 Å². The molecule has 0 aromatic heterocycles. The zero-order chi connectivity index (χ0) is 19.8. The molecule has 0 saturated heterocycles. The topological polar surface area (TPSA) is 71.3 Å². The molecule has 0 bridgehead atoms. The molecule has 144 valence electrons. The number of methoxy groups -OCH3 is 1. The van der Waals surface area contributed by atoms with Crippen molar-refractivity contribution in [2.45, 2.75) is 38.3 Å². The summed E-state index contributed by atoms with van der Waals surface area (Å²) in [5, 5.41) is 12.3. The average Bonchev–Trinajstić information content (AvgIpc) is 3.24. The molecule has 0 atom stereocenters. The highest BCUT2D eigenvalue weighted by atomic mass is 16.5. The lowest BCUT2D eigenvalue weighted by Gasteiger charge is -2.12. The molecule has 28 heavy (non-hydrogen) atoms. The Kier molecular flexibility index (Phi) is 6.69. The first-order valence-electron chi connectivity index (χ1n) is 9.47. The van der Waals surface area contributed by atoms with Crippen LogP contribution in [0, 0.1) is 11.3 Å². The highest BCUT2D eigenvalue weighted by molar-refractivity contribution is 6.01. The second-order valence-electron chi connectivity index (χ2n) is 6.81. The molecule has 1 saturated carbocycles. The maximum atomic E-state index is 12.4. The molecular weight excluding hydrogens is 352 g/mol. The van der Waals surface area contributed by atoms with Crippen molar-refractivity contribution in [3.05, 3.63) is 65.2 Å². The molecule has 5 heteroatoms. The van der Waals surface area contributed by atoms with Crippen molar-refractivity contribution >= 4 is 12.0 Å². The van der Waals surface area contributed by atoms with Crippen molar-refractivity contribution in [2.24, 2.45) is 0 Å². The van der Waals surface area contributed by atoms with Crippen molar-refractivity contribution in [1.82, 2.24) is 5.32 Å². The summed E-state index contributed by atoms with van der Waals surface area (Å²) in [5.74, 6) is 0.841. The van der Waals surface area contributed by atoms with Gasteiger partial charge in [0.1, 0.15) is 18.2 Å². The number of ether oxygens (including phenoxy) is 2. The van der Waals surface area contributed by atoms with Crippen molar-refractivity contribution in [1.29, 1.82) is 5.26 Å². The van der Waals surface area contributed by atoms with Crippen molar-refractivity contribution < 1.29 is 14.3 Å². The lowest BCUT2D eigenvalue weighted by molar-refractivity contribution is -0.117. The molecule has 0 aliphatic heterocycles. The van der Waals surface area contributed by atoms with Gasteiger partial charge in [0, 0.05) is 6.04 Å². The van der Waals surface area contributed by atoms with Crippen LogP contribution in [0.25, 0.3) is 6.08 Å². The number of nitriles is 1. The van der Waals surface area contributed by atoms with Crippen LogP contribution < -0.4 is 14.8 Å². The fraction of sp³-hybridized carbons (Fsp3) is 0.304. The number of hydrogen-bond donors (Lipinski definition) is 1. The molecule has 0 heterocycles. The molecule has 0 radical (unpaired) electrons. The summed E-state index contributed by atoms with van der Waals surface area (Å²) >= 11 is 0. The lowest BCUT2D eigenvalue weighted by Crippen LogP contribution is -2.33. The Morgan fingerprint density at radius 3 is 2.61 bits per heavy atom. The largest absolute Gasteiger partial charge is 0.493 e. The average molecular weight is 376 g/mol. The molecule has 1 N–H and O–H groups in total. The van der Waals surface area contributed by atoms with Gasteiger partial charge < -0.3 is 14.8 Å². The molecule has 2 aromatic rings. The molecule has 2 aromatic carbocycles. The predicted octanol–water partition coefficient (Wildman–Crippen LogP) is 4.24. The van der Waals surface area contributed by atoms with Crippen LogP contribution in [0.3, 0.4) is 0 Å². The van der Waals surface area contributed by atoms with E-state index in [4.69, 9.17) is 9.47 Å². The highest BCUT2D eigenvalue weighted by Crippen LogP contribution is 2.29. The van der Waals surface area contributed by atoms with E-state index >= 15 is 0 Å². The van der Waals surface area contributed by atoms with Crippen LogP contribution in [0.4, 0.5) is 0 Å². The fourth-order valence-corrected chi connectivity index (χ4v) is 3.28. The number of rotatable bonds is 7. The minimum Gasteiger partial charge on any atom is -0.493 e. The van der Waals surface area contributed by atoms with E-state index in [1.807, 2.05) is 42.5 Å². The van der Waals surface area contributed by atoms with Crippen molar-refractivity contribution in [3.8, 4) is 17.6 Å². The van der Waals surface area contributed by atoms with Gasteiger partial charge in [-0.3, -0.25) is 4.79 Å². The standard InChI is InChI=1S/C23H24N2O3/c1-27-22-14-18(11-12-21(22)28-16-17-7-3-2-4-8-17)13-19(15-24)23(26)25-20-9-5-6-10-20/h2-4,7-8,11-14,20H,5-6,9-10,16H2,1H3,(H,25,26)/b19-13+. The highest BCUT2D eigenvalue weighted by Gasteiger charge is 2.19. The molecule has 0 spiro atoms. The van der Waals surface area contributed by atoms with E-state index in [0.717, 1.165) is 31.2 Å². The molecule has 5 nitrogen and oxygen atoms in total. The molecule has 1 aliphatic carbocycles. The number of amides is 1. The number of benzene rings is 2. The summed E-state index contributed by atoms with van der Waals surface area (Å²) in [6.45, 7) is 0.430. The van der Waals surface area contributed by atoms with Crippen LogP contribution in [-0.2, 0) is 11.4 Å². The predicted molar refractivity (Wildman–Crippen MR) is 108 cm³/mol. The number of nitrogens with one attached hydrogen (secondary N) is 1. The summed E-state index contributed by atoms with van der Waals surface area (Å²) in [4.78, 5) is 12.4. The van der Waals surface area contributed by atoms with Gasteiger partial charge in [-0.25, -0.2) is 0 Å². The van der Waals surface area contributed by atoms with Crippen LogP contribution in [0.15, 0.2) is 54.1 Å². The first-order valence-corrected chi connectivity index (χ1v) is 9.47. The van der Waals surface area contributed by atoms with Gasteiger partial charge in [-0.05, 0) is 42.2 Å². The number of carbonyl (C=O) groups excluding carboxylic acids is 1. The van der Waals surface area contributed by atoms with Gasteiger partial charge in [-0.15, -0.1) is 0 Å². The van der Waals surface area contributed by atoms with Gasteiger partial charge in [0.05, 0.1) is 7.11 Å². The first-order chi connectivity index (χ1) is 13.7. The van der Waals surface area contributed by atoms with E-state index in [1.54, 1.807) is 25.3 Å². The number of nitrogens with zero attached hydrogens (tertiary/aromatic N) is 1. The lowest BCUT2D eigenvalue weighted by atomic mass is 10.1. The summed E-state index contributed by atoms with van der Waals surface area (Å²) in [5.41, 5.74) is 1.86. The van der Waals surface area contributed by atoms with E-state index in [0.29, 0.717) is 23.7 Å². The Morgan fingerprint density at radius 2 is 1.93 bits per heavy atom. The molecule has 0 unspecified atom stereocenters. The summed E-state index contributed by atoms with van der Waals surface area (Å²) in [6.07, 6.45) is 5.78. The van der Waals surface area contributed by atoms with Crippen LogP contribution in [0.2, 0.25) is 0 Å². The monoisotopic (exact) mass is 376 g/mol. The van der Waals surface area contributed by atoms with E-state index in [1.165, 1.54) is 0 Å². The zero-order valence-electron chi connectivity index (χ0n) is 16.0. The number of carbonyl (C=O) groups is 1. The minimum atomic E-state index is -0.322. The Morgan fingerprint density at radius 1 is 1.18 bits per heavy atom. The summed E-state index contributed by atoms with van der Waals surface area (Å²) < 4.78 is 11.3. The Hall–Kier alpha value is -3.26. The third-order valence-electron chi connectivity index (χ3n) is 4.79. The summed E-state index contributed by atoms with van der Waals surface area (Å²) in [6, 6.07) is 17.4. The van der Waals surface area contributed by atoms with Crippen molar-refractivity contribution in [2.75, 3.05) is 7.11 Å². The van der Waals surface area contributed by atoms with E-state index in [-0.39, 0.29) is 17.5 Å². The molecule has 1 fully saturated rings. The van der Waals surface area contributed by atoms with Crippen molar-refractivity contribution in [3.63, 3.8) is 0 Å². The minimum absolute atomic E-state index is 0.0897. The van der Waals surface area contributed by atoms with Crippen LogP contribution in [0.5, 0.6) is 11.5 Å². The molecular formula is C23H24N2O3. The smallest absolute Gasteiger partial charge is 0.262 e. The zero-order valence-corrected chi connectivity index (χ0v) is 16.0. The van der Waals surface area contributed by atoms with Gasteiger partial charge in [0.15, 0.2) is 11.5 Å². The fourth-order valence-electron chi connectivity index (χ4n) is 3.28. The molecule has 1 amide bonds. The first kappa shape index (κ1) is 19.5. The second-order valence-corrected chi connectivity index (χ2v) is 6.81. The number of hydrogen-bond acceptors (Lipinski definition) is 4. The van der Waals surface area contributed by atoms with Gasteiger partial charge in [0.2, 0.25) is 0 Å². The second kappa shape index (κ2) is 9.61. The van der Waals surface area contributed by atoms with Gasteiger partial charge in [0.25, 0.3) is 5.91 Å². The van der Waals surface area contributed by atoms with Crippen LogP contribution >= 0.6 is 0 Å². The van der Waals surface area contributed by atoms with Crippen LogP contribution in [-0.4, -0.2) is 19.1 Å². The quantitative estimate of drug-likeness (QED) is 0.579. The van der Waals surface area contributed by atoms with E-state index in [9.17, 15) is 10.1 Å². The van der Waals surface area contributed by atoms with E-state index < -0.39 is 0 Å². The Balaban J connectivity index is 1.71. The summed E-state index contributed by atoms with van der Waals surface area (Å²) in [7, 11) is 1.57. The third kappa shape index (κ3) is 5.14. The molecule has 3 rings (SSSR count). The SMILES string of the molecule is COc1cc(/C=C(\C#N)C(=O)NC2CCCC2)ccc1OCc1ccccc1. The maximum absolute atomic E-state index is 12.4. The maximum Gasteiger partial charge on any atom is 0.262 e. The van der Waals surface area contributed by atoms with Crippen LogP contribution in [0.1, 0.15) is 36.8 Å². The Bertz CT molecular complexity index is 878. The van der Waals surface area contributed by atoms with Gasteiger partial charge in [-0.2, -0.15) is 5.26 Å².